The van der Waals surface area contributed by atoms with Crippen LogP contribution in [0.25, 0.3) is 0 Å². The van der Waals surface area contributed by atoms with E-state index in [-0.39, 0.29) is 17.9 Å². The lowest BCUT2D eigenvalue weighted by Gasteiger charge is -2.40. The van der Waals surface area contributed by atoms with E-state index < -0.39 is 0 Å². The average Bonchev–Trinajstić information content (AvgIpc) is 2.75. The number of amides is 2. The molecule has 31 heavy (non-hydrogen) atoms. The molecule has 172 valence electrons. The Morgan fingerprint density at radius 1 is 1.19 bits per heavy atom. The zero-order valence-electron chi connectivity index (χ0n) is 20.1. The van der Waals surface area contributed by atoms with E-state index in [1.807, 2.05) is 35.1 Å². The summed E-state index contributed by atoms with van der Waals surface area (Å²) in [5.74, 6) is 2.20. The molecule has 0 radical (unpaired) electrons. The molecule has 2 amide bonds. The van der Waals surface area contributed by atoms with Crippen molar-refractivity contribution in [2.24, 2.45) is 17.8 Å². The molecule has 1 aromatic carbocycles. The molecule has 1 atom stereocenters. The largest absolute Gasteiger partial charge is 0.497 e. The number of carbonyl (C=O) groups excluding carboxylic acids is 2. The van der Waals surface area contributed by atoms with Gasteiger partial charge in [0.2, 0.25) is 11.8 Å². The van der Waals surface area contributed by atoms with Crippen molar-refractivity contribution in [3.8, 4) is 5.75 Å². The van der Waals surface area contributed by atoms with Gasteiger partial charge in [0, 0.05) is 32.6 Å². The van der Waals surface area contributed by atoms with E-state index in [2.05, 4.69) is 39.8 Å². The smallest absolute Gasteiger partial charge is 0.246 e. The van der Waals surface area contributed by atoms with Crippen LogP contribution in [0.15, 0.2) is 36.4 Å². The van der Waals surface area contributed by atoms with Gasteiger partial charge in [-0.05, 0) is 60.8 Å². The second kappa shape index (κ2) is 11.9. The Kier molecular flexibility index (Phi) is 9.60. The van der Waals surface area contributed by atoms with Crippen molar-refractivity contribution in [1.82, 2.24) is 9.80 Å². The fraction of sp³-hybridized carbons (Fsp3) is 0.615. The minimum absolute atomic E-state index is 0.0979. The molecule has 0 bridgehead atoms. The Morgan fingerprint density at radius 2 is 1.87 bits per heavy atom. The third kappa shape index (κ3) is 7.71. The lowest BCUT2D eigenvalue weighted by atomic mass is 9.84. The zero-order chi connectivity index (χ0) is 23.0. The van der Waals surface area contributed by atoms with Gasteiger partial charge < -0.3 is 14.5 Å². The van der Waals surface area contributed by atoms with Crippen molar-refractivity contribution < 1.29 is 14.3 Å². The predicted octanol–water partition coefficient (Wildman–Crippen LogP) is 4.56. The van der Waals surface area contributed by atoms with E-state index in [1.54, 1.807) is 13.2 Å². The van der Waals surface area contributed by atoms with Crippen LogP contribution in [0, 0.1) is 17.8 Å². The van der Waals surface area contributed by atoms with Gasteiger partial charge in [0.05, 0.1) is 7.11 Å². The van der Waals surface area contributed by atoms with E-state index in [0.29, 0.717) is 24.2 Å². The molecule has 2 rings (SSSR count). The van der Waals surface area contributed by atoms with Crippen molar-refractivity contribution in [3.05, 3.63) is 42.0 Å². The molecule has 5 nitrogen and oxygen atoms in total. The summed E-state index contributed by atoms with van der Waals surface area (Å²) in [5.41, 5.74) is 1.17. The predicted molar refractivity (Wildman–Crippen MR) is 126 cm³/mol. The first-order valence-corrected chi connectivity index (χ1v) is 11.6. The van der Waals surface area contributed by atoms with Crippen molar-refractivity contribution in [1.29, 1.82) is 0 Å². The van der Waals surface area contributed by atoms with E-state index in [4.69, 9.17) is 4.74 Å². The maximum atomic E-state index is 12.9. The summed E-state index contributed by atoms with van der Waals surface area (Å²) in [6, 6.07) is 8.22. The van der Waals surface area contributed by atoms with E-state index in [0.717, 1.165) is 38.1 Å². The Bertz CT molecular complexity index is 749. The van der Waals surface area contributed by atoms with Crippen LogP contribution < -0.4 is 4.74 Å². The average molecular weight is 429 g/mol. The molecule has 0 aliphatic carbocycles. The van der Waals surface area contributed by atoms with Crippen molar-refractivity contribution in [3.63, 3.8) is 0 Å². The SMILES string of the molecule is COc1cccc(CC(C2CCN(C(=O)/C=C/C(C)C)CC2)N(C)C(=O)CC(C)C)c1. The maximum Gasteiger partial charge on any atom is 0.246 e. The molecular weight excluding hydrogens is 388 g/mol. The Morgan fingerprint density at radius 3 is 2.45 bits per heavy atom. The number of ether oxygens (including phenoxy) is 1. The molecule has 1 aliphatic rings. The molecule has 1 saturated heterocycles. The quantitative estimate of drug-likeness (QED) is 0.542. The maximum absolute atomic E-state index is 12.9. The van der Waals surface area contributed by atoms with Crippen molar-refractivity contribution in [2.45, 2.75) is 59.4 Å². The number of methoxy groups -OCH3 is 1. The molecule has 1 heterocycles. The number of nitrogens with zero attached hydrogens (tertiary/aromatic N) is 2. The minimum atomic E-state index is 0.0979. The molecule has 5 heteroatoms. The summed E-state index contributed by atoms with van der Waals surface area (Å²) in [7, 11) is 3.62. The van der Waals surface area contributed by atoms with Crippen LogP contribution in [0.2, 0.25) is 0 Å². The van der Waals surface area contributed by atoms with Gasteiger partial charge in [-0.3, -0.25) is 9.59 Å². The first-order chi connectivity index (χ1) is 14.7. The fourth-order valence-corrected chi connectivity index (χ4v) is 4.22. The van der Waals surface area contributed by atoms with Crippen LogP contribution in [0.4, 0.5) is 0 Å². The molecule has 1 unspecified atom stereocenters. The molecule has 0 saturated carbocycles. The number of carbonyl (C=O) groups is 2. The first kappa shape index (κ1) is 25.0. The van der Waals surface area contributed by atoms with Crippen molar-refractivity contribution in [2.75, 3.05) is 27.2 Å². The number of benzene rings is 1. The number of rotatable bonds is 9. The Labute approximate surface area is 188 Å². The lowest BCUT2D eigenvalue weighted by Crippen LogP contribution is -2.48. The highest BCUT2D eigenvalue weighted by Crippen LogP contribution is 2.28. The first-order valence-electron chi connectivity index (χ1n) is 11.6. The molecule has 0 N–H and O–H groups in total. The van der Waals surface area contributed by atoms with Gasteiger partial charge in [-0.1, -0.05) is 45.9 Å². The third-order valence-corrected chi connectivity index (χ3v) is 6.07. The van der Waals surface area contributed by atoms with Gasteiger partial charge >= 0.3 is 0 Å². The Hall–Kier alpha value is -2.30. The second-order valence-electron chi connectivity index (χ2n) is 9.49. The number of likely N-dealkylation sites (N-methyl/N-ethyl adjacent to an activating group) is 1. The highest BCUT2D eigenvalue weighted by atomic mass is 16.5. The van der Waals surface area contributed by atoms with Crippen LogP contribution in [0.5, 0.6) is 5.75 Å². The van der Waals surface area contributed by atoms with Crippen LogP contribution in [0.3, 0.4) is 0 Å². The number of hydrogen-bond acceptors (Lipinski definition) is 3. The number of allylic oxidation sites excluding steroid dienone is 1. The summed E-state index contributed by atoms with van der Waals surface area (Å²) in [6.07, 6.45) is 6.84. The van der Waals surface area contributed by atoms with Crippen LogP contribution >= 0.6 is 0 Å². The minimum Gasteiger partial charge on any atom is -0.497 e. The van der Waals surface area contributed by atoms with Gasteiger partial charge in [-0.15, -0.1) is 0 Å². The summed E-state index contributed by atoms with van der Waals surface area (Å²) in [6.45, 7) is 9.79. The third-order valence-electron chi connectivity index (χ3n) is 6.07. The standard InChI is InChI=1S/C26H40N2O3/c1-19(2)10-11-25(29)28-14-12-22(13-15-28)24(27(5)26(30)16-20(3)4)18-21-8-7-9-23(17-21)31-6/h7-11,17,19-20,22,24H,12-16,18H2,1-6H3/b11-10+. The highest BCUT2D eigenvalue weighted by molar-refractivity contribution is 5.87. The van der Waals surface area contributed by atoms with E-state index in [9.17, 15) is 9.59 Å². The van der Waals surface area contributed by atoms with Gasteiger partial charge in [-0.2, -0.15) is 0 Å². The van der Waals surface area contributed by atoms with E-state index in [1.165, 1.54) is 5.56 Å². The van der Waals surface area contributed by atoms with E-state index >= 15 is 0 Å². The number of likely N-dealkylation sites (tertiary alicyclic amines) is 1. The van der Waals surface area contributed by atoms with Crippen LogP contribution in [-0.2, 0) is 16.0 Å². The van der Waals surface area contributed by atoms with Gasteiger partial charge in [0.25, 0.3) is 0 Å². The molecule has 0 aromatic heterocycles. The molecule has 1 fully saturated rings. The van der Waals surface area contributed by atoms with Crippen LogP contribution in [-0.4, -0.2) is 54.9 Å². The lowest BCUT2D eigenvalue weighted by molar-refractivity contribution is -0.135. The molecule has 0 spiro atoms. The Balaban J connectivity index is 2.13. The van der Waals surface area contributed by atoms with Gasteiger partial charge in [0.15, 0.2) is 0 Å². The highest BCUT2D eigenvalue weighted by Gasteiger charge is 2.32. The number of piperidine rings is 1. The summed E-state index contributed by atoms with van der Waals surface area (Å²) in [4.78, 5) is 29.3. The molecular formula is C26H40N2O3. The second-order valence-corrected chi connectivity index (χ2v) is 9.49. The normalized spacial score (nSPS) is 16.2. The van der Waals surface area contributed by atoms with Crippen molar-refractivity contribution >= 4 is 11.8 Å². The number of hydrogen-bond donors (Lipinski definition) is 0. The summed E-state index contributed by atoms with van der Waals surface area (Å²) in [5, 5.41) is 0. The zero-order valence-corrected chi connectivity index (χ0v) is 20.1. The summed E-state index contributed by atoms with van der Waals surface area (Å²) < 4.78 is 5.39. The summed E-state index contributed by atoms with van der Waals surface area (Å²) >= 11 is 0. The topological polar surface area (TPSA) is 49.9 Å². The molecule has 1 aliphatic heterocycles. The fourth-order valence-electron chi connectivity index (χ4n) is 4.22. The van der Waals surface area contributed by atoms with Gasteiger partial charge in [-0.25, -0.2) is 0 Å². The van der Waals surface area contributed by atoms with Gasteiger partial charge in [0.1, 0.15) is 5.75 Å². The monoisotopic (exact) mass is 428 g/mol. The molecule has 1 aromatic rings. The van der Waals surface area contributed by atoms with Crippen LogP contribution in [0.1, 0.15) is 52.5 Å².